The summed E-state index contributed by atoms with van der Waals surface area (Å²) in [5.74, 6) is 1.58. The van der Waals surface area contributed by atoms with E-state index in [9.17, 15) is 0 Å². The van der Waals surface area contributed by atoms with E-state index < -0.39 is 0 Å². The molecule has 0 unspecified atom stereocenters. The molecule has 23 heavy (non-hydrogen) atoms. The van der Waals surface area contributed by atoms with Crippen molar-refractivity contribution in [2.75, 3.05) is 5.73 Å². The second kappa shape index (κ2) is 6.69. The van der Waals surface area contributed by atoms with E-state index in [-0.39, 0.29) is 6.61 Å². The molecule has 0 fully saturated rings. The number of hydrogen-bond acceptors (Lipinski definition) is 6. The van der Waals surface area contributed by atoms with Gasteiger partial charge in [-0.2, -0.15) is 0 Å². The Hall–Kier alpha value is -3.22. The molecule has 7 nitrogen and oxygen atoms in total. The number of nitrogens with zero attached hydrogens (tertiary/aromatic N) is 5. The monoisotopic (exact) mass is 308 g/mol. The van der Waals surface area contributed by atoms with Gasteiger partial charge in [0, 0.05) is 31.2 Å². The van der Waals surface area contributed by atoms with Gasteiger partial charge in [-0.15, -0.1) is 0 Å². The van der Waals surface area contributed by atoms with Crippen LogP contribution in [-0.2, 0) is 18.5 Å². The molecule has 0 radical (unpaired) electrons. The van der Waals surface area contributed by atoms with E-state index in [0.29, 0.717) is 23.2 Å². The van der Waals surface area contributed by atoms with Crippen molar-refractivity contribution in [1.82, 2.24) is 19.5 Å². The van der Waals surface area contributed by atoms with Crippen LogP contribution in [0.3, 0.4) is 0 Å². The quantitative estimate of drug-likeness (QED) is 0.573. The van der Waals surface area contributed by atoms with Crippen molar-refractivity contribution in [2.24, 2.45) is 12.2 Å². The maximum absolute atomic E-state index is 5.62. The lowest BCUT2D eigenvalue weighted by Crippen LogP contribution is -2.11. The van der Waals surface area contributed by atoms with Crippen LogP contribution in [0.15, 0.2) is 60.1 Å². The maximum Gasteiger partial charge on any atom is 0.176 e. The Bertz CT molecular complexity index is 812. The first-order valence-electron chi connectivity index (χ1n) is 7.04. The number of benzene rings is 1. The molecule has 0 spiro atoms. The van der Waals surface area contributed by atoms with Gasteiger partial charge in [-0.05, 0) is 6.07 Å². The van der Waals surface area contributed by atoms with Crippen molar-refractivity contribution in [3.63, 3.8) is 0 Å². The molecule has 7 heteroatoms. The second-order valence-corrected chi connectivity index (χ2v) is 4.84. The lowest BCUT2D eigenvalue weighted by atomic mass is 10.1. The number of aromatic nitrogens is 4. The summed E-state index contributed by atoms with van der Waals surface area (Å²) in [5.41, 5.74) is 7.18. The smallest absolute Gasteiger partial charge is 0.176 e. The summed E-state index contributed by atoms with van der Waals surface area (Å²) in [7, 11) is 1.90. The lowest BCUT2D eigenvalue weighted by molar-refractivity contribution is 0.125. The van der Waals surface area contributed by atoms with Crippen LogP contribution < -0.4 is 5.73 Å². The van der Waals surface area contributed by atoms with E-state index in [1.54, 1.807) is 18.5 Å². The number of aryl methyl sites for hydroxylation is 1. The molecular weight excluding hydrogens is 292 g/mol. The fourth-order valence-electron chi connectivity index (χ4n) is 2.05. The average Bonchev–Trinajstić information content (AvgIpc) is 2.98. The van der Waals surface area contributed by atoms with Crippen LogP contribution in [0.2, 0.25) is 0 Å². The Labute approximate surface area is 133 Å². The zero-order valence-electron chi connectivity index (χ0n) is 12.6. The average molecular weight is 308 g/mol. The topological polar surface area (TPSA) is 91.2 Å². The minimum absolute atomic E-state index is 0.131. The zero-order chi connectivity index (χ0) is 16.1. The van der Waals surface area contributed by atoms with E-state index in [2.05, 4.69) is 20.1 Å². The molecule has 0 amide bonds. The van der Waals surface area contributed by atoms with E-state index in [0.717, 1.165) is 5.56 Å². The third-order valence-electron chi connectivity index (χ3n) is 3.16. The third-order valence-corrected chi connectivity index (χ3v) is 3.16. The van der Waals surface area contributed by atoms with Crippen LogP contribution in [0.25, 0.3) is 0 Å². The Kier molecular flexibility index (Phi) is 4.28. The number of imidazole rings is 1. The van der Waals surface area contributed by atoms with Crippen molar-refractivity contribution < 1.29 is 4.84 Å². The summed E-state index contributed by atoms with van der Waals surface area (Å²) in [6, 6.07) is 11.3. The Morgan fingerprint density at radius 2 is 2.00 bits per heavy atom. The van der Waals surface area contributed by atoms with Crippen LogP contribution in [0.5, 0.6) is 0 Å². The molecule has 0 saturated carbocycles. The van der Waals surface area contributed by atoms with Crippen LogP contribution in [-0.4, -0.2) is 25.2 Å². The van der Waals surface area contributed by atoms with Gasteiger partial charge in [0.25, 0.3) is 0 Å². The van der Waals surface area contributed by atoms with Gasteiger partial charge < -0.3 is 15.1 Å². The second-order valence-electron chi connectivity index (χ2n) is 4.84. The highest BCUT2D eigenvalue weighted by atomic mass is 16.6. The van der Waals surface area contributed by atoms with Gasteiger partial charge in [0.15, 0.2) is 24.0 Å². The standard InChI is InChI=1S/C16H16N6O/c1-22-10-9-19-16(22)15(12-5-3-2-4-6-12)21-23-11-14-18-8-7-13(17)20-14/h2-10H,11H2,1H3,(H2,17,18,20)/b21-15-. The summed E-state index contributed by atoms with van der Waals surface area (Å²) in [6.07, 6.45) is 5.16. The van der Waals surface area contributed by atoms with Crippen LogP contribution in [0, 0.1) is 0 Å². The van der Waals surface area contributed by atoms with Crippen molar-refractivity contribution in [3.05, 3.63) is 72.2 Å². The molecule has 0 bridgehead atoms. The molecule has 0 aliphatic carbocycles. The highest BCUT2D eigenvalue weighted by Gasteiger charge is 2.12. The molecule has 116 valence electrons. The minimum Gasteiger partial charge on any atom is -0.387 e. The number of oxime groups is 1. The molecule has 3 rings (SSSR count). The van der Waals surface area contributed by atoms with Gasteiger partial charge in [-0.3, -0.25) is 0 Å². The summed E-state index contributed by atoms with van der Waals surface area (Å²) in [5, 5.41) is 4.23. The summed E-state index contributed by atoms with van der Waals surface area (Å²) in [4.78, 5) is 17.9. The number of nitrogen functional groups attached to an aromatic ring is 1. The zero-order valence-corrected chi connectivity index (χ0v) is 12.6. The van der Waals surface area contributed by atoms with E-state index in [1.165, 1.54) is 0 Å². The predicted molar refractivity (Wildman–Crippen MR) is 86.5 cm³/mol. The Balaban J connectivity index is 1.85. The van der Waals surface area contributed by atoms with Crippen molar-refractivity contribution in [3.8, 4) is 0 Å². The highest BCUT2D eigenvalue weighted by Crippen LogP contribution is 2.10. The lowest BCUT2D eigenvalue weighted by Gasteiger charge is -2.07. The predicted octanol–water partition coefficient (Wildman–Crippen LogP) is 1.76. The molecule has 0 aliphatic rings. The SMILES string of the molecule is Cn1ccnc1/C(=N\OCc1nccc(N)n1)c1ccccc1. The molecule has 2 heterocycles. The molecule has 1 aromatic carbocycles. The van der Waals surface area contributed by atoms with E-state index >= 15 is 0 Å². The summed E-state index contributed by atoms with van der Waals surface area (Å²) >= 11 is 0. The van der Waals surface area contributed by atoms with Crippen molar-refractivity contribution in [2.45, 2.75) is 6.61 Å². The number of rotatable bonds is 5. The van der Waals surface area contributed by atoms with Gasteiger partial charge in [-0.1, -0.05) is 35.5 Å². The minimum atomic E-state index is 0.131. The third kappa shape index (κ3) is 3.52. The summed E-state index contributed by atoms with van der Waals surface area (Å²) < 4.78 is 1.88. The van der Waals surface area contributed by atoms with E-state index in [1.807, 2.05) is 48.1 Å². The molecule has 0 saturated heterocycles. The molecule has 0 aliphatic heterocycles. The maximum atomic E-state index is 5.62. The largest absolute Gasteiger partial charge is 0.387 e. The van der Waals surface area contributed by atoms with Gasteiger partial charge in [0.05, 0.1) is 0 Å². The van der Waals surface area contributed by atoms with Crippen LogP contribution in [0.4, 0.5) is 5.82 Å². The van der Waals surface area contributed by atoms with E-state index in [4.69, 9.17) is 10.6 Å². The van der Waals surface area contributed by atoms with Gasteiger partial charge in [-0.25, -0.2) is 15.0 Å². The van der Waals surface area contributed by atoms with Crippen molar-refractivity contribution in [1.29, 1.82) is 0 Å². The Morgan fingerprint density at radius 3 is 2.70 bits per heavy atom. The molecular formula is C16H16N6O. The fraction of sp³-hybridized carbons (Fsp3) is 0.125. The van der Waals surface area contributed by atoms with Crippen LogP contribution in [0.1, 0.15) is 17.2 Å². The van der Waals surface area contributed by atoms with Gasteiger partial charge >= 0.3 is 0 Å². The highest BCUT2D eigenvalue weighted by molar-refractivity contribution is 6.10. The number of anilines is 1. The fourth-order valence-corrected chi connectivity index (χ4v) is 2.05. The number of nitrogens with two attached hydrogens (primary N) is 1. The first-order chi connectivity index (χ1) is 11.2. The normalized spacial score (nSPS) is 11.4. The first kappa shape index (κ1) is 14.7. The molecule has 3 aromatic rings. The molecule has 2 aromatic heterocycles. The number of hydrogen-bond donors (Lipinski definition) is 1. The van der Waals surface area contributed by atoms with Gasteiger partial charge in [0.2, 0.25) is 0 Å². The molecule has 0 atom stereocenters. The van der Waals surface area contributed by atoms with Gasteiger partial charge in [0.1, 0.15) is 5.82 Å². The van der Waals surface area contributed by atoms with Crippen molar-refractivity contribution >= 4 is 11.5 Å². The summed E-state index contributed by atoms with van der Waals surface area (Å²) in [6.45, 7) is 0.131. The Morgan fingerprint density at radius 1 is 1.17 bits per heavy atom. The first-order valence-corrected chi connectivity index (χ1v) is 7.04. The molecule has 2 N–H and O–H groups in total. The van der Waals surface area contributed by atoms with Crippen LogP contribution >= 0.6 is 0 Å².